The lowest BCUT2D eigenvalue weighted by atomic mass is 10.1. The van der Waals surface area contributed by atoms with Crippen LogP contribution in [0, 0.1) is 0 Å². The zero-order valence-electron chi connectivity index (χ0n) is 16.8. The second-order valence-corrected chi connectivity index (χ2v) is 8.20. The third-order valence-electron chi connectivity index (χ3n) is 6.44. The summed E-state index contributed by atoms with van der Waals surface area (Å²) in [4.78, 5) is 33.9. The van der Waals surface area contributed by atoms with Crippen molar-refractivity contribution in [3.8, 4) is 0 Å². The normalized spacial score (nSPS) is 24.7. The summed E-state index contributed by atoms with van der Waals surface area (Å²) in [6.45, 7) is 7.25. The molecule has 1 aromatic carbocycles. The fourth-order valence-corrected chi connectivity index (χ4v) is 4.72. The summed E-state index contributed by atoms with van der Waals surface area (Å²) in [5.41, 5.74) is 1.00. The van der Waals surface area contributed by atoms with Crippen LogP contribution >= 0.6 is 0 Å². The van der Waals surface area contributed by atoms with E-state index >= 15 is 0 Å². The van der Waals surface area contributed by atoms with E-state index < -0.39 is 0 Å². The van der Waals surface area contributed by atoms with E-state index in [0.29, 0.717) is 12.3 Å². The molecular formula is C22H32N4O2. The summed E-state index contributed by atoms with van der Waals surface area (Å²) in [5.74, 6) is 0.548. The first kappa shape index (κ1) is 19.4. The summed E-state index contributed by atoms with van der Waals surface area (Å²) in [5, 5.41) is 0. The second-order valence-electron chi connectivity index (χ2n) is 8.20. The highest BCUT2D eigenvalue weighted by molar-refractivity contribution is 5.99. The fraction of sp³-hybridized carbons (Fsp3) is 0.636. The van der Waals surface area contributed by atoms with Gasteiger partial charge in [0.25, 0.3) is 0 Å². The molecule has 1 atom stereocenters. The summed E-state index contributed by atoms with van der Waals surface area (Å²) < 4.78 is 0. The molecule has 0 saturated carbocycles. The molecule has 3 aliphatic rings. The maximum absolute atomic E-state index is 12.9. The molecule has 0 N–H and O–H groups in total. The molecule has 0 radical (unpaired) electrons. The SMILES string of the molecule is O=C(CCN1CCN([C@H]2CCN(c3ccccc3)C2=O)CC1)N1CCCCC1. The average molecular weight is 385 g/mol. The molecule has 3 saturated heterocycles. The molecule has 1 aromatic rings. The van der Waals surface area contributed by atoms with Crippen molar-refractivity contribution in [1.29, 1.82) is 0 Å². The number of likely N-dealkylation sites (tertiary alicyclic amines) is 1. The van der Waals surface area contributed by atoms with Gasteiger partial charge in [0.05, 0.1) is 6.04 Å². The first-order valence-corrected chi connectivity index (χ1v) is 10.8. The van der Waals surface area contributed by atoms with E-state index in [1.165, 1.54) is 6.42 Å². The van der Waals surface area contributed by atoms with Gasteiger partial charge in [-0.1, -0.05) is 18.2 Å². The van der Waals surface area contributed by atoms with Crippen LogP contribution in [0.4, 0.5) is 5.69 Å². The summed E-state index contributed by atoms with van der Waals surface area (Å²) in [6.07, 6.45) is 5.10. The smallest absolute Gasteiger partial charge is 0.244 e. The van der Waals surface area contributed by atoms with Gasteiger partial charge in [0, 0.05) is 64.5 Å². The van der Waals surface area contributed by atoms with Crippen LogP contribution in [0.3, 0.4) is 0 Å². The third-order valence-corrected chi connectivity index (χ3v) is 6.44. The molecule has 0 aromatic heterocycles. The molecular weight excluding hydrogens is 352 g/mol. The number of piperidine rings is 1. The van der Waals surface area contributed by atoms with Gasteiger partial charge < -0.3 is 14.7 Å². The number of rotatable bonds is 5. The lowest BCUT2D eigenvalue weighted by Gasteiger charge is -2.37. The Morgan fingerprint density at radius 2 is 1.61 bits per heavy atom. The number of benzene rings is 1. The van der Waals surface area contributed by atoms with Crippen LogP contribution in [0.2, 0.25) is 0 Å². The average Bonchev–Trinajstić information content (AvgIpc) is 3.15. The van der Waals surface area contributed by atoms with Crippen LogP contribution in [-0.2, 0) is 9.59 Å². The molecule has 0 aliphatic carbocycles. The van der Waals surface area contributed by atoms with Gasteiger partial charge in [-0.2, -0.15) is 0 Å². The van der Waals surface area contributed by atoms with Crippen LogP contribution in [0.25, 0.3) is 0 Å². The molecule has 2 amide bonds. The van der Waals surface area contributed by atoms with E-state index in [4.69, 9.17) is 0 Å². The summed E-state index contributed by atoms with van der Waals surface area (Å²) in [6, 6.07) is 9.99. The van der Waals surface area contributed by atoms with Crippen molar-refractivity contribution < 1.29 is 9.59 Å². The number of anilines is 1. The maximum Gasteiger partial charge on any atom is 0.244 e. The third kappa shape index (κ3) is 4.39. The Morgan fingerprint density at radius 1 is 0.893 bits per heavy atom. The van der Waals surface area contributed by atoms with E-state index in [-0.39, 0.29) is 11.9 Å². The molecule has 28 heavy (non-hydrogen) atoms. The number of carbonyl (C=O) groups excluding carboxylic acids is 2. The van der Waals surface area contributed by atoms with E-state index in [0.717, 1.165) is 77.3 Å². The number of hydrogen-bond donors (Lipinski definition) is 0. The predicted molar refractivity (Wildman–Crippen MR) is 110 cm³/mol. The van der Waals surface area contributed by atoms with Gasteiger partial charge in [0.1, 0.15) is 0 Å². The Morgan fingerprint density at radius 3 is 2.32 bits per heavy atom. The molecule has 152 valence electrons. The number of hydrogen-bond acceptors (Lipinski definition) is 4. The molecule has 4 rings (SSSR count). The van der Waals surface area contributed by atoms with Crippen LogP contribution in [0.15, 0.2) is 30.3 Å². The molecule has 3 fully saturated rings. The minimum atomic E-state index is 0.0114. The summed E-state index contributed by atoms with van der Waals surface area (Å²) in [7, 11) is 0. The monoisotopic (exact) mass is 384 g/mol. The Bertz CT molecular complexity index is 666. The van der Waals surface area contributed by atoms with Gasteiger partial charge >= 0.3 is 0 Å². The van der Waals surface area contributed by atoms with Gasteiger partial charge in [0.2, 0.25) is 11.8 Å². The molecule has 0 unspecified atom stereocenters. The van der Waals surface area contributed by atoms with Crippen molar-refractivity contribution in [2.75, 3.05) is 57.3 Å². The molecule has 3 aliphatic heterocycles. The van der Waals surface area contributed by atoms with Gasteiger partial charge in [-0.3, -0.25) is 14.5 Å². The largest absolute Gasteiger partial charge is 0.343 e. The second kappa shape index (κ2) is 9.05. The molecule has 3 heterocycles. The highest BCUT2D eigenvalue weighted by Gasteiger charge is 2.37. The predicted octanol–water partition coefficient (Wildman–Crippen LogP) is 1.81. The van der Waals surface area contributed by atoms with Crippen molar-refractivity contribution >= 4 is 17.5 Å². The quantitative estimate of drug-likeness (QED) is 0.777. The summed E-state index contributed by atoms with van der Waals surface area (Å²) >= 11 is 0. The Kier molecular flexibility index (Phi) is 6.27. The standard InChI is InChI=1S/C22H32N4O2/c27-21(25-11-5-2-6-12-25)10-13-23-15-17-24(18-16-23)20-9-14-26(22(20)28)19-7-3-1-4-8-19/h1,3-4,7-8,20H,2,5-6,9-18H2/t20-/m0/s1. The van der Waals surface area contributed by atoms with Gasteiger partial charge in [-0.25, -0.2) is 0 Å². The number of carbonyl (C=O) groups is 2. The Balaban J connectivity index is 1.22. The van der Waals surface area contributed by atoms with Crippen molar-refractivity contribution in [3.63, 3.8) is 0 Å². The zero-order chi connectivity index (χ0) is 19.3. The molecule has 6 heteroatoms. The highest BCUT2D eigenvalue weighted by atomic mass is 16.2. The van der Waals surface area contributed by atoms with E-state index in [9.17, 15) is 9.59 Å². The number of amides is 2. The molecule has 0 bridgehead atoms. The van der Waals surface area contributed by atoms with E-state index in [2.05, 4.69) is 9.80 Å². The topological polar surface area (TPSA) is 47.1 Å². The zero-order valence-corrected chi connectivity index (χ0v) is 16.8. The molecule has 6 nitrogen and oxygen atoms in total. The van der Waals surface area contributed by atoms with Gasteiger partial charge in [-0.05, 0) is 37.8 Å². The minimum absolute atomic E-state index is 0.0114. The van der Waals surface area contributed by atoms with Crippen molar-refractivity contribution in [2.45, 2.75) is 38.1 Å². The number of piperazine rings is 1. The lowest BCUT2D eigenvalue weighted by Crippen LogP contribution is -2.53. The highest BCUT2D eigenvalue weighted by Crippen LogP contribution is 2.25. The first-order valence-electron chi connectivity index (χ1n) is 10.8. The van der Waals surface area contributed by atoms with Crippen molar-refractivity contribution in [2.24, 2.45) is 0 Å². The van der Waals surface area contributed by atoms with E-state index in [1.807, 2.05) is 40.1 Å². The minimum Gasteiger partial charge on any atom is -0.343 e. The van der Waals surface area contributed by atoms with Gasteiger partial charge in [-0.15, -0.1) is 0 Å². The van der Waals surface area contributed by atoms with Crippen molar-refractivity contribution in [1.82, 2.24) is 14.7 Å². The van der Waals surface area contributed by atoms with Crippen LogP contribution < -0.4 is 4.90 Å². The number of nitrogens with zero attached hydrogens (tertiary/aromatic N) is 4. The first-order chi connectivity index (χ1) is 13.7. The Labute approximate surface area is 168 Å². The van der Waals surface area contributed by atoms with Crippen molar-refractivity contribution in [3.05, 3.63) is 30.3 Å². The van der Waals surface area contributed by atoms with Crippen LogP contribution in [0.1, 0.15) is 32.1 Å². The number of para-hydroxylation sites is 1. The Hall–Kier alpha value is -1.92. The maximum atomic E-state index is 12.9. The van der Waals surface area contributed by atoms with E-state index in [1.54, 1.807) is 0 Å². The van der Waals surface area contributed by atoms with Crippen LogP contribution in [0.5, 0.6) is 0 Å². The lowest BCUT2D eigenvalue weighted by molar-refractivity contribution is -0.132. The van der Waals surface area contributed by atoms with Crippen LogP contribution in [-0.4, -0.2) is 84.9 Å². The van der Waals surface area contributed by atoms with Gasteiger partial charge in [0.15, 0.2) is 0 Å². The molecule has 0 spiro atoms. The fourth-order valence-electron chi connectivity index (χ4n) is 4.72.